The maximum Gasteiger partial charge on any atom is 0.289 e. The van der Waals surface area contributed by atoms with Crippen LogP contribution in [-0.2, 0) is 0 Å². The number of carbonyl (C=O) groups excluding carboxylic acids is 1. The topological polar surface area (TPSA) is 38.3 Å². The van der Waals surface area contributed by atoms with Gasteiger partial charge in [-0.3, -0.25) is 4.79 Å². The van der Waals surface area contributed by atoms with Crippen molar-refractivity contribution in [2.45, 2.75) is 110 Å². The summed E-state index contributed by atoms with van der Waals surface area (Å²) >= 11 is 6.30. The molecule has 0 aromatic heterocycles. The monoisotopic (exact) mass is 489 g/mol. The molecule has 2 rings (SSSR count). The molecule has 1 N–H and O–H groups in total. The fourth-order valence-electron chi connectivity index (χ4n) is 4.07. The molecule has 3 nitrogen and oxygen atoms in total. The molecule has 0 unspecified atom stereocenters. The lowest BCUT2D eigenvalue weighted by Gasteiger charge is -2.07. The molecule has 0 atom stereocenters. The summed E-state index contributed by atoms with van der Waals surface area (Å²) in [6, 6.07) is 7.97. The Bertz CT molecular complexity index is 715. The third-order valence-corrected chi connectivity index (χ3v) is 7.37. The Labute approximate surface area is 211 Å². The molecule has 0 spiro atoms. The number of thioether (sulfide) groups is 1. The van der Waals surface area contributed by atoms with E-state index in [1.165, 1.54) is 96.3 Å². The molecule has 1 heterocycles. The van der Waals surface area contributed by atoms with Crippen LogP contribution < -0.4 is 10.1 Å². The van der Waals surface area contributed by atoms with Crippen LogP contribution in [0.15, 0.2) is 29.2 Å². The lowest BCUT2D eigenvalue weighted by molar-refractivity contribution is 0.265. The second-order valence-corrected chi connectivity index (χ2v) is 10.5. The first-order valence-electron chi connectivity index (χ1n) is 13.2. The van der Waals surface area contributed by atoms with Crippen molar-refractivity contribution >= 4 is 40.3 Å². The Hall–Kier alpha value is -1.33. The molecule has 5 heteroatoms. The van der Waals surface area contributed by atoms with Crippen LogP contribution in [0.2, 0.25) is 0 Å². The van der Waals surface area contributed by atoms with Crippen molar-refractivity contribution in [3.05, 3.63) is 34.7 Å². The van der Waals surface area contributed by atoms with Gasteiger partial charge in [0.1, 0.15) is 10.7 Å². The normalized spacial score (nSPS) is 14.8. The molecule has 184 valence electrons. The summed E-state index contributed by atoms with van der Waals surface area (Å²) in [5.41, 5.74) is 1.02. The molecular weight excluding hydrogens is 446 g/mol. The number of benzene rings is 1. The van der Waals surface area contributed by atoms with E-state index in [9.17, 15) is 4.79 Å². The summed E-state index contributed by atoms with van der Waals surface area (Å²) in [5, 5.41) is 2.53. The van der Waals surface area contributed by atoms with Crippen LogP contribution in [0.5, 0.6) is 5.75 Å². The number of rotatable bonds is 19. The number of carbonyl (C=O) groups is 1. The summed E-state index contributed by atoms with van der Waals surface area (Å²) in [6.07, 6.45) is 24.0. The highest BCUT2D eigenvalue weighted by Gasteiger charge is 2.21. The minimum atomic E-state index is -0.106. The Morgan fingerprint density at radius 3 is 1.73 bits per heavy atom. The highest BCUT2D eigenvalue weighted by atomic mass is 32.2. The van der Waals surface area contributed by atoms with Crippen molar-refractivity contribution in [3.63, 3.8) is 0 Å². The molecule has 1 aliphatic rings. The van der Waals surface area contributed by atoms with Gasteiger partial charge in [0, 0.05) is 0 Å². The van der Waals surface area contributed by atoms with E-state index in [0.29, 0.717) is 4.99 Å². The van der Waals surface area contributed by atoms with Gasteiger partial charge in [-0.1, -0.05) is 128 Å². The summed E-state index contributed by atoms with van der Waals surface area (Å²) in [7, 11) is 0. The highest BCUT2D eigenvalue weighted by molar-refractivity contribution is 8.19. The van der Waals surface area contributed by atoms with E-state index in [1.807, 2.05) is 30.3 Å². The first kappa shape index (κ1) is 27.9. The van der Waals surface area contributed by atoms with Gasteiger partial charge in [-0.15, -0.1) is 0 Å². The standard InChI is InChI=1S/C28H43NO2S2/c1-2-3-4-5-6-7-8-9-10-11-12-13-14-15-16-17-22-31-25-20-18-24(19-21-25)23-26-27(32)29-28(30)33-26/h18-21,23H,2-17,22H2,1H3,(H,29,30,32). The molecule has 1 aromatic carbocycles. The number of hydrogen-bond acceptors (Lipinski definition) is 4. The molecule has 1 aromatic rings. The Balaban J connectivity index is 1.38. The minimum absolute atomic E-state index is 0.106. The van der Waals surface area contributed by atoms with Gasteiger partial charge in [0.05, 0.1) is 11.5 Å². The second-order valence-electron chi connectivity index (χ2n) is 9.07. The van der Waals surface area contributed by atoms with Gasteiger partial charge >= 0.3 is 0 Å². The Morgan fingerprint density at radius 1 is 0.788 bits per heavy atom. The molecule has 0 saturated carbocycles. The smallest absolute Gasteiger partial charge is 0.289 e. The second kappa shape index (κ2) is 18.1. The fraction of sp³-hybridized carbons (Fsp3) is 0.643. The number of thiocarbonyl (C=S) groups is 1. The summed E-state index contributed by atoms with van der Waals surface area (Å²) in [5.74, 6) is 0.897. The Kier molecular flexibility index (Phi) is 15.3. The number of ether oxygens (including phenoxy) is 1. The van der Waals surface area contributed by atoms with E-state index in [0.717, 1.165) is 41.0 Å². The first-order chi connectivity index (χ1) is 16.2. The van der Waals surface area contributed by atoms with Crippen LogP contribution in [-0.4, -0.2) is 16.8 Å². The van der Waals surface area contributed by atoms with Crippen LogP contribution in [0.4, 0.5) is 4.79 Å². The van der Waals surface area contributed by atoms with Crippen molar-refractivity contribution < 1.29 is 9.53 Å². The maximum absolute atomic E-state index is 11.3. The number of nitrogens with one attached hydrogen (secondary N) is 1. The van der Waals surface area contributed by atoms with E-state index in [4.69, 9.17) is 17.0 Å². The molecule has 33 heavy (non-hydrogen) atoms. The maximum atomic E-state index is 11.3. The minimum Gasteiger partial charge on any atom is -0.494 e. The van der Waals surface area contributed by atoms with Gasteiger partial charge in [-0.2, -0.15) is 0 Å². The molecule has 1 amide bonds. The number of hydrogen-bond donors (Lipinski definition) is 1. The molecular formula is C28H43NO2S2. The SMILES string of the molecule is CCCCCCCCCCCCCCCCCCOc1ccc(C=C2SC(=O)NC2=S)cc1. The van der Waals surface area contributed by atoms with Crippen molar-refractivity contribution in [2.75, 3.05) is 6.61 Å². The predicted molar refractivity (Wildman–Crippen MR) is 148 cm³/mol. The van der Waals surface area contributed by atoms with Crippen LogP contribution in [0, 0.1) is 0 Å². The molecule has 0 radical (unpaired) electrons. The van der Waals surface area contributed by atoms with Crippen LogP contribution in [0.3, 0.4) is 0 Å². The zero-order valence-electron chi connectivity index (χ0n) is 20.5. The van der Waals surface area contributed by atoms with E-state index >= 15 is 0 Å². The fourth-order valence-corrected chi connectivity index (χ4v) is 5.11. The lowest BCUT2D eigenvalue weighted by Crippen LogP contribution is -2.15. The third kappa shape index (κ3) is 13.2. The lowest BCUT2D eigenvalue weighted by atomic mass is 10.0. The van der Waals surface area contributed by atoms with Crippen LogP contribution in [0.25, 0.3) is 6.08 Å². The molecule has 0 bridgehead atoms. The van der Waals surface area contributed by atoms with Gasteiger partial charge in [0.2, 0.25) is 0 Å². The van der Waals surface area contributed by atoms with Crippen molar-refractivity contribution in [1.82, 2.24) is 5.32 Å². The van der Waals surface area contributed by atoms with Gasteiger partial charge in [0.15, 0.2) is 0 Å². The average molecular weight is 490 g/mol. The van der Waals surface area contributed by atoms with Gasteiger partial charge in [0.25, 0.3) is 5.24 Å². The number of unbranched alkanes of at least 4 members (excludes halogenated alkanes) is 15. The molecule has 0 aliphatic carbocycles. The van der Waals surface area contributed by atoms with Crippen molar-refractivity contribution in [1.29, 1.82) is 0 Å². The summed E-state index contributed by atoms with van der Waals surface area (Å²) < 4.78 is 5.87. The molecule has 1 aliphatic heterocycles. The van der Waals surface area contributed by atoms with Crippen LogP contribution in [0.1, 0.15) is 115 Å². The Morgan fingerprint density at radius 2 is 1.27 bits per heavy atom. The van der Waals surface area contributed by atoms with Gasteiger partial charge in [-0.25, -0.2) is 0 Å². The van der Waals surface area contributed by atoms with Crippen molar-refractivity contribution in [2.24, 2.45) is 0 Å². The largest absolute Gasteiger partial charge is 0.494 e. The van der Waals surface area contributed by atoms with Crippen molar-refractivity contribution in [3.8, 4) is 5.75 Å². The molecule has 1 fully saturated rings. The third-order valence-electron chi connectivity index (χ3n) is 6.09. The van der Waals surface area contributed by atoms with Crippen LogP contribution >= 0.6 is 24.0 Å². The molecule has 1 saturated heterocycles. The van der Waals surface area contributed by atoms with Gasteiger partial charge < -0.3 is 10.1 Å². The zero-order chi connectivity index (χ0) is 23.6. The zero-order valence-corrected chi connectivity index (χ0v) is 22.2. The highest BCUT2D eigenvalue weighted by Crippen LogP contribution is 2.27. The average Bonchev–Trinajstić information content (AvgIpc) is 3.13. The first-order valence-corrected chi connectivity index (χ1v) is 14.4. The van der Waals surface area contributed by atoms with E-state index in [2.05, 4.69) is 12.2 Å². The van der Waals surface area contributed by atoms with Gasteiger partial charge in [-0.05, 0) is 42.0 Å². The summed E-state index contributed by atoms with van der Waals surface area (Å²) in [4.78, 5) is 12.7. The summed E-state index contributed by atoms with van der Waals surface area (Å²) in [6.45, 7) is 3.06. The van der Waals surface area contributed by atoms with E-state index < -0.39 is 0 Å². The quantitative estimate of drug-likeness (QED) is 0.119. The number of amides is 1. The predicted octanol–water partition coefficient (Wildman–Crippen LogP) is 9.45. The van der Waals surface area contributed by atoms with E-state index in [-0.39, 0.29) is 5.24 Å². The van der Waals surface area contributed by atoms with E-state index in [1.54, 1.807) is 0 Å².